The van der Waals surface area contributed by atoms with Gasteiger partial charge in [0.15, 0.2) is 5.78 Å². The van der Waals surface area contributed by atoms with Gasteiger partial charge in [-0.25, -0.2) is 9.59 Å². The van der Waals surface area contributed by atoms with E-state index in [1.807, 2.05) is 24.3 Å². The number of rotatable bonds is 2. The summed E-state index contributed by atoms with van der Waals surface area (Å²) in [6.45, 7) is 0. The topological polar surface area (TPSA) is 91.7 Å². The molecule has 0 spiro atoms. The van der Waals surface area contributed by atoms with E-state index in [9.17, 15) is 19.5 Å². The molecule has 1 aromatic carbocycles. The molecule has 1 aliphatic carbocycles. The number of allylic oxidation sites excluding steroid dienone is 1. The molecule has 0 saturated carbocycles. The summed E-state index contributed by atoms with van der Waals surface area (Å²) in [7, 11) is 0. The van der Waals surface area contributed by atoms with Crippen LogP contribution in [-0.4, -0.2) is 27.9 Å². The van der Waals surface area contributed by atoms with Gasteiger partial charge in [-0.05, 0) is 11.6 Å². The Morgan fingerprint density at radius 1 is 1.05 bits per heavy atom. The Hall–Kier alpha value is -2.34. The van der Waals surface area contributed by atoms with E-state index in [4.69, 9.17) is 5.11 Å². The maximum absolute atomic E-state index is 12.2. The number of carboxylic acids is 2. The van der Waals surface area contributed by atoms with Gasteiger partial charge in [-0.1, -0.05) is 30.0 Å². The standard InChI is InChI=1S/C15H10O5S/c16-10-6-9(14(17)18)12(15(19)20)13-8(10)5-7-3-1-2-4-11(7)21-13/h1-4H,5-6H2,(H,17,18)(H,19,20). The van der Waals surface area contributed by atoms with Crippen molar-refractivity contribution in [2.24, 2.45) is 0 Å². The molecule has 0 fully saturated rings. The summed E-state index contributed by atoms with van der Waals surface area (Å²) in [6, 6.07) is 7.40. The molecule has 1 aromatic rings. The van der Waals surface area contributed by atoms with Gasteiger partial charge >= 0.3 is 11.9 Å². The van der Waals surface area contributed by atoms with Crippen LogP contribution >= 0.6 is 11.8 Å². The van der Waals surface area contributed by atoms with Gasteiger partial charge in [-0.3, -0.25) is 4.79 Å². The van der Waals surface area contributed by atoms with E-state index in [2.05, 4.69) is 0 Å². The van der Waals surface area contributed by atoms with Gasteiger partial charge in [-0.2, -0.15) is 0 Å². The number of benzene rings is 1. The zero-order valence-electron chi connectivity index (χ0n) is 10.8. The molecule has 0 saturated heterocycles. The van der Waals surface area contributed by atoms with E-state index < -0.39 is 11.9 Å². The number of hydrogen-bond donors (Lipinski definition) is 2. The third-order valence-corrected chi connectivity index (χ3v) is 4.77. The lowest BCUT2D eigenvalue weighted by molar-refractivity contribution is -0.136. The van der Waals surface area contributed by atoms with Crippen LogP contribution in [0, 0.1) is 0 Å². The maximum Gasteiger partial charge on any atom is 0.337 e. The van der Waals surface area contributed by atoms with Crippen molar-refractivity contribution in [2.45, 2.75) is 17.7 Å². The second-order valence-electron chi connectivity index (χ2n) is 4.76. The van der Waals surface area contributed by atoms with Crippen molar-refractivity contribution in [3.05, 3.63) is 51.5 Å². The van der Waals surface area contributed by atoms with Crippen LogP contribution < -0.4 is 0 Å². The summed E-state index contributed by atoms with van der Waals surface area (Å²) in [5, 5.41) is 18.5. The van der Waals surface area contributed by atoms with Crippen LogP contribution in [0.1, 0.15) is 12.0 Å². The summed E-state index contributed by atoms with van der Waals surface area (Å²) < 4.78 is 0. The lowest BCUT2D eigenvalue weighted by Crippen LogP contribution is -2.25. The molecule has 106 valence electrons. The first-order chi connectivity index (χ1) is 9.99. The molecule has 1 aliphatic heterocycles. The van der Waals surface area contributed by atoms with Gasteiger partial charge in [-0.15, -0.1) is 0 Å². The second kappa shape index (κ2) is 4.89. The molecular formula is C15H10O5S. The largest absolute Gasteiger partial charge is 0.478 e. The first-order valence-electron chi connectivity index (χ1n) is 6.21. The van der Waals surface area contributed by atoms with Gasteiger partial charge in [0.1, 0.15) is 0 Å². The Balaban J connectivity index is 2.19. The Bertz CT molecular complexity index is 757. The lowest BCUT2D eigenvalue weighted by atomic mass is 9.87. The van der Waals surface area contributed by atoms with E-state index in [1.165, 1.54) is 0 Å². The molecular weight excluding hydrogens is 292 g/mol. The third kappa shape index (κ3) is 2.17. The van der Waals surface area contributed by atoms with Crippen molar-refractivity contribution < 1.29 is 24.6 Å². The predicted octanol–water partition coefficient (Wildman–Crippen LogP) is 2.03. The molecule has 0 atom stereocenters. The number of hydrogen-bond acceptors (Lipinski definition) is 4. The number of carboxylic acid groups (broad SMARTS) is 2. The summed E-state index contributed by atoms with van der Waals surface area (Å²) in [5.74, 6) is -2.97. The molecule has 3 rings (SSSR count). The van der Waals surface area contributed by atoms with Gasteiger partial charge in [0, 0.05) is 28.2 Å². The second-order valence-corrected chi connectivity index (χ2v) is 5.81. The van der Waals surface area contributed by atoms with Crippen LogP contribution in [0.15, 0.2) is 50.8 Å². The van der Waals surface area contributed by atoms with Crippen molar-refractivity contribution >= 4 is 29.5 Å². The minimum atomic E-state index is -1.35. The van der Waals surface area contributed by atoms with E-state index >= 15 is 0 Å². The number of aliphatic carboxylic acids is 2. The first kappa shape index (κ1) is 13.6. The summed E-state index contributed by atoms with van der Waals surface area (Å²) in [5.41, 5.74) is 0.772. The van der Waals surface area contributed by atoms with Gasteiger partial charge in [0.2, 0.25) is 0 Å². The minimum Gasteiger partial charge on any atom is -0.478 e. The smallest absolute Gasteiger partial charge is 0.337 e. The number of carbonyl (C=O) groups is 3. The van der Waals surface area contributed by atoms with E-state index in [-0.39, 0.29) is 28.3 Å². The zero-order chi connectivity index (χ0) is 15.1. The van der Waals surface area contributed by atoms with Gasteiger partial charge < -0.3 is 10.2 Å². The monoisotopic (exact) mass is 302 g/mol. The molecule has 2 aliphatic rings. The van der Waals surface area contributed by atoms with Crippen molar-refractivity contribution in [1.29, 1.82) is 0 Å². The highest BCUT2D eigenvalue weighted by Crippen LogP contribution is 2.45. The average molecular weight is 302 g/mol. The van der Waals surface area contributed by atoms with Crippen LogP contribution in [0.4, 0.5) is 0 Å². The summed E-state index contributed by atoms with van der Waals surface area (Å²) in [4.78, 5) is 36.0. The highest BCUT2D eigenvalue weighted by atomic mass is 32.2. The molecule has 0 aromatic heterocycles. The molecule has 0 unspecified atom stereocenters. The molecule has 0 radical (unpaired) electrons. The molecule has 2 N–H and O–H groups in total. The van der Waals surface area contributed by atoms with Crippen molar-refractivity contribution in [3.63, 3.8) is 0 Å². The third-order valence-electron chi connectivity index (χ3n) is 3.50. The van der Waals surface area contributed by atoms with Crippen LogP contribution in [-0.2, 0) is 20.8 Å². The SMILES string of the molecule is O=C(O)C1=C(C(=O)O)C2=C(Cc3ccccc3S2)C(=O)C1. The quantitative estimate of drug-likeness (QED) is 0.868. The van der Waals surface area contributed by atoms with E-state index in [1.54, 1.807) is 0 Å². The molecule has 1 heterocycles. The molecule has 5 nitrogen and oxygen atoms in total. The highest BCUT2D eigenvalue weighted by Gasteiger charge is 2.37. The minimum absolute atomic E-state index is 0.253. The molecule has 21 heavy (non-hydrogen) atoms. The van der Waals surface area contributed by atoms with Crippen molar-refractivity contribution in [3.8, 4) is 0 Å². The predicted molar refractivity (Wildman–Crippen MR) is 75.0 cm³/mol. The number of Topliss-reactive ketones (excluding diaryl/α,β-unsaturated/α-hetero) is 1. The highest BCUT2D eigenvalue weighted by molar-refractivity contribution is 8.03. The maximum atomic E-state index is 12.2. The van der Waals surface area contributed by atoms with Gasteiger partial charge in [0.05, 0.1) is 11.1 Å². The fraction of sp³-hybridized carbons (Fsp3) is 0.133. The number of ketones is 1. The average Bonchev–Trinajstić information content (AvgIpc) is 2.44. The Morgan fingerprint density at radius 2 is 1.76 bits per heavy atom. The van der Waals surface area contributed by atoms with E-state index in [0.29, 0.717) is 12.0 Å². The number of fused-ring (bicyclic) bond motifs is 1. The number of carbonyl (C=O) groups excluding carboxylic acids is 1. The van der Waals surface area contributed by atoms with Crippen molar-refractivity contribution in [1.82, 2.24) is 0 Å². The summed E-state index contributed by atoms with van der Waals surface area (Å²) in [6.07, 6.45) is -0.0143. The molecule has 0 amide bonds. The Morgan fingerprint density at radius 3 is 2.43 bits per heavy atom. The van der Waals surface area contributed by atoms with Crippen LogP contribution in [0.3, 0.4) is 0 Å². The van der Waals surface area contributed by atoms with E-state index in [0.717, 1.165) is 22.2 Å². The van der Waals surface area contributed by atoms with Gasteiger partial charge in [0.25, 0.3) is 0 Å². The lowest BCUT2D eigenvalue weighted by Gasteiger charge is -2.26. The normalized spacial score (nSPS) is 17.4. The van der Waals surface area contributed by atoms with Crippen LogP contribution in [0.2, 0.25) is 0 Å². The van der Waals surface area contributed by atoms with Crippen LogP contribution in [0.5, 0.6) is 0 Å². The fourth-order valence-corrected chi connectivity index (χ4v) is 3.78. The molecule has 6 heteroatoms. The Labute approximate surface area is 124 Å². The number of thioether (sulfide) groups is 1. The Kier molecular flexibility index (Phi) is 3.17. The fourth-order valence-electron chi connectivity index (χ4n) is 2.52. The first-order valence-corrected chi connectivity index (χ1v) is 7.03. The molecule has 0 bridgehead atoms. The van der Waals surface area contributed by atoms with Crippen LogP contribution in [0.25, 0.3) is 0 Å². The van der Waals surface area contributed by atoms with Crippen molar-refractivity contribution in [2.75, 3.05) is 0 Å². The zero-order valence-corrected chi connectivity index (χ0v) is 11.6. The summed E-state index contributed by atoms with van der Waals surface area (Å²) >= 11 is 1.16.